The van der Waals surface area contributed by atoms with Crippen LogP contribution in [0.2, 0.25) is 0 Å². The number of aromatic nitrogens is 2. The molecule has 5 nitrogen and oxygen atoms in total. The summed E-state index contributed by atoms with van der Waals surface area (Å²) in [7, 11) is 0. The van der Waals surface area contributed by atoms with Gasteiger partial charge in [-0.25, -0.2) is 4.68 Å². The van der Waals surface area contributed by atoms with E-state index in [2.05, 4.69) is 5.10 Å². The fraction of sp³-hybridized carbons (Fsp3) is 0.250. The molecule has 3 aromatic rings. The summed E-state index contributed by atoms with van der Waals surface area (Å²) >= 11 is 1.55. The highest BCUT2D eigenvalue weighted by Crippen LogP contribution is 2.24. The van der Waals surface area contributed by atoms with Gasteiger partial charge < -0.3 is 4.90 Å². The van der Waals surface area contributed by atoms with Gasteiger partial charge in [0.25, 0.3) is 11.5 Å². The van der Waals surface area contributed by atoms with Crippen molar-refractivity contribution in [3.63, 3.8) is 0 Å². The van der Waals surface area contributed by atoms with E-state index < -0.39 is 6.04 Å². The number of anilines is 1. The van der Waals surface area contributed by atoms with Crippen LogP contribution < -0.4 is 10.5 Å². The van der Waals surface area contributed by atoms with E-state index >= 15 is 0 Å². The minimum absolute atomic E-state index is 0.153. The summed E-state index contributed by atoms with van der Waals surface area (Å²) < 4.78 is 1.28. The van der Waals surface area contributed by atoms with Crippen LogP contribution in [0, 0.1) is 6.92 Å². The van der Waals surface area contributed by atoms with Gasteiger partial charge in [0.2, 0.25) is 0 Å². The van der Waals surface area contributed by atoms with E-state index in [0.29, 0.717) is 12.2 Å². The predicted molar refractivity (Wildman–Crippen MR) is 106 cm³/mol. The largest absolute Gasteiger partial charge is 0.311 e. The summed E-state index contributed by atoms with van der Waals surface area (Å²) in [6.07, 6.45) is 0. The second-order valence-electron chi connectivity index (χ2n) is 6.02. The van der Waals surface area contributed by atoms with Gasteiger partial charge in [-0.3, -0.25) is 9.59 Å². The Morgan fingerprint density at radius 3 is 2.62 bits per heavy atom. The van der Waals surface area contributed by atoms with Crippen LogP contribution >= 0.6 is 11.3 Å². The van der Waals surface area contributed by atoms with Crippen molar-refractivity contribution in [1.82, 2.24) is 9.78 Å². The zero-order valence-corrected chi connectivity index (χ0v) is 15.9. The molecule has 1 unspecified atom stereocenters. The third kappa shape index (κ3) is 3.46. The first-order chi connectivity index (χ1) is 12.5. The number of likely N-dealkylation sites (N-methyl/N-ethyl adjacent to an activating group) is 1. The maximum absolute atomic E-state index is 13.1. The molecule has 0 saturated carbocycles. The molecule has 134 valence electrons. The molecule has 0 bridgehead atoms. The standard InChI is InChI=1S/C20H21N3O2S/c1-4-22(17-9-6-5-8-14(17)2)20(25)15(3)23-19(24)12-11-16(21-23)18-10-7-13-26-18/h5-13,15H,4H2,1-3H3. The summed E-state index contributed by atoms with van der Waals surface area (Å²) in [5.74, 6) is -0.153. The molecule has 0 saturated heterocycles. The first kappa shape index (κ1) is 18.1. The average molecular weight is 367 g/mol. The topological polar surface area (TPSA) is 55.2 Å². The van der Waals surface area contributed by atoms with Crippen LogP contribution in [0.15, 0.2) is 58.7 Å². The minimum Gasteiger partial charge on any atom is -0.311 e. The molecule has 26 heavy (non-hydrogen) atoms. The third-order valence-corrected chi connectivity index (χ3v) is 5.20. The molecule has 0 aliphatic rings. The number of hydrogen-bond donors (Lipinski definition) is 0. The molecule has 0 fully saturated rings. The Kier molecular flexibility index (Phi) is 5.32. The van der Waals surface area contributed by atoms with Crippen LogP contribution in [-0.4, -0.2) is 22.2 Å². The third-order valence-electron chi connectivity index (χ3n) is 4.31. The van der Waals surface area contributed by atoms with Crippen LogP contribution in [0.3, 0.4) is 0 Å². The normalized spacial score (nSPS) is 12.0. The molecule has 6 heteroatoms. The van der Waals surface area contributed by atoms with E-state index in [1.807, 2.05) is 55.6 Å². The van der Waals surface area contributed by atoms with Crippen LogP contribution in [0.4, 0.5) is 5.69 Å². The SMILES string of the molecule is CCN(C(=O)C(C)n1nc(-c2cccs2)ccc1=O)c1ccccc1C. The molecule has 3 rings (SSSR count). The Morgan fingerprint density at radius 1 is 1.19 bits per heavy atom. The van der Waals surface area contributed by atoms with Crippen molar-refractivity contribution in [2.24, 2.45) is 0 Å². The van der Waals surface area contributed by atoms with Crippen LogP contribution in [0.1, 0.15) is 25.5 Å². The Morgan fingerprint density at radius 2 is 1.96 bits per heavy atom. The zero-order chi connectivity index (χ0) is 18.7. The Labute approximate surface area is 156 Å². The van der Waals surface area contributed by atoms with Crippen molar-refractivity contribution < 1.29 is 4.79 Å². The molecule has 0 aliphatic heterocycles. The number of aryl methyl sites for hydroxylation is 1. The second-order valence-corrected chi connectivity index (χ2v) is 6.97. The summed E-state index contributed by atoms with van der Waals surface area (Å²) in [6, 6.07) is 14.1. The van der Waals surface area contributed by atoms with Gasteiger partial charge in [0.05, 0.1) is 4.88 Å². The van der Waals surface area contributed by atoms with Crippen LogP contribution in [0.25, 0.3) is 10.6 Å². The van der Waals surface area contributed by atoms with Crippen LogP contribution in [0.5, 0.6) is 0 Å². The lowest BCUT2D eigenvalue weighted by Gasteiger charge is -2.26. The van der Waals surface area contributed by atoms with Crippen molar-refractivity contribution in [3.05, 3.63) is 69.8 Å². The molecule has 0 N–H and O–H groups in total. The van der Waals surface area contributed by atoms with E-state index in [-0.39, 0.29) is 11.5 Å². The van der Waals surface area contributed by atoms with E-state index in [1.165, 1.54) is 10.7 Å². The lowest BCUT2D eigenvalue weighted by Crippen LogP contribution is -2.40. The zero-order valence-electron chi connectivity index (χ0n) is 15.0. The molecule has 2 aromatic heterocycles. The molecule has 1 atom stereocenters. The minimum atomic E-state index is -0.693. The lowest BCUT2D eigenvalue weighted by molar-refractivity contribution is -0.121. The number of carbonyl (C=O) groups excluding carboxylic acids is 1. The molecule has 2 heterocycles. The number of para-hydroxylation sites is 1. The van der Waals surface area contributed by atoms with E-state index in [1.54, 1.807) is 29.2 Å². The van der Waals surface area contributed by atoms with Gasteiger partial charge in [0.1, 0.15) is 11.7 Å². The smallest absolute Gasteiger partial charge is 0.267 e. The summed E-state index contributed by atoms with van der Waals surface area (Å²) in [6.45, 7) is 6.14. The fourth-order valence-corrected chi connectivity index (χ4v) is 3.59. The van der Waals surface area contributed by atoms with Crippen LogP contribution in [-0.2, 0) is 4.79 Å². The van der Waals surface area contributed by atoms with E-state index in [4.69, 9.17) is 0 Å². The molecular formula is C20H21N3O2S. The fourth-order valence-electron chi connectivity index (χ4n) is 2.90. The Balaban J connectivity index is 1.96. The number of benzene rings is 1. The van der Waals surface area contributed by atoms with E-state index in [9.17, 15) is 9.59 Å². The molecular weight excluding hydrogens is 346 g/mol. The van der Waals surface area contributed by atoms with Crippen molar-refractivity contribution in [2.45, 2.75) is 26.8 Å². The predicted octanol–water partition coefficient (Wildman–Crippen LogP) is 3.89. The summed E-state index contributed by atoms with van der Waals surface area (Å²) in [5, 5.41) is 6.39. The molecule has 0 spiro atoms. The van der Waals surface area contributed by atoms with E-state index in [0.717, 1.165) is 16.1 Å². The van der Waals surface area contributed by atoms with Crippen molar-refractivity contribution >= 4 is 22.9 Å². The maximum Gasteiger partial charge on any atom is 0.267 e. The number of rotatable bonds is 5. The number of nitrogens with zero attached hydrogens (tertiary/aromatic N) is 3. The quantitative estimate of drug-likeness (QED) is 0.687. The first-order valence-electron chi connectivity index (χ1n) is 8.53. The molecule has 0 radical (unpaired) electrons. The highest BCUT2D eigenvalue weighted by molar-refractivity contribution is 7.13. The number of thiophene rings is 1. The van der Waals surface area contributed by atoms with Gasteiger partial charge in [0.15, 0.2) is 0 Å². The molecule has 1 aromatic carbocycles. The Bertz CT molecular complexity index is 963. The monoisotopic (exact) mass is 367 g/mol. The highest BCUT2D eigenvalue weighted by Gasteiger charge is 2.25. The summed E-state index contributed by atoms with van der Waals surface area (Å²) in [4.78, 5) is 28.1. The van der Waals surface area contributed by atoms with Gasteiger partial charge >= 0.3 is 0 Å². The number of carbonyl (C=O) groups is 1. The number of hydrogen-bond acceptors (Lipinski definition) is 4. The molecule has 0 aliphatic carbocycles. The second kappa shape index (κ2) is 7.66. The van der Waals surface area contributed by atoms with Crippen molar-refractivity contribution in [3.8, 4) is 10.6 Å². The average Bonchev–Trinajstić information content (AvgIpc) is 3.18. The van der Waals surface area contributed by atoms with Gasteiger partial charge in [0, 0.05) is 18.3 Å². The number of amides is 1. The van der Waals surface area contributed by atoms with Gasteiger partial charge in [-0.2, -0.15) is 5.10 Å². The van der Waals surface area contributed by atoms with Crippen molar-refractivity contribution in [2.75, 3.05) is 11.4 Å². The van der Waals surface area contributed by atoms with Gasteiger partial charge in [-0.05, 0) is 49.9 Å². The van der Waals surface area contributed by atoms with Crippen molar-refractivity contribution in [1.29, 1.82) is 0 Å². The molecule has 1 amide bonds. The lowest BCUT2D eigenvalue weighted by atomic mass is 10.1. The highest BCUT2D eigenvalue weighted by atomic mass is 32.1. The van der Waals surface area contributed by atoms with Gasteiger partial charge in [-0.1, -0.05) is 24.3 Å². The first-order valence-corrected chi connectivity index (χ1v) is 9.41. The Hall–Kier alpha value is -2.73. The summed E-state index contributed by atoms with van der Waals surface area (Å²) in [5.41, 5.74) is 2.28. The van der Waals surface area contributed by atoms with Gasteiger partial charge in [-0.15, -0.1) is 11.3 Å². The maximum atomic E-state index is 13.1.